The summed E-state index contributed by atoms with van der Waals surface area (Å²) in [6.45, 7) is 5.00. The van der Waals surface area contributed by atoms with Crippen molar-refractivity contribution < 1.29 is 26.7 Å². The molecular weight excluding hydrogens is 311 g/mol. The maximum absolute atomic E-state index is 8.92. The molecule has 0 aromatic heterocycles. The fourth-order valence-corrected chi connectivity index (χ4v) is 1.19. The number of rotatable bonds is 2. The van der Waals surface area contributed by atoms with E-state index in [4.69, 9.17) is 21.0 Å². The topological polar surface area (TPSA) is 85.1 Å². The molecule has 4 nitrogen and oxygen atoms in total. The van der Waals surface area contributed by atoms with Gasteiger partial charge in [-0.15, -0.1) is 0 Å². The van der Waals surface area contributed by atoms with Crippen LogP contribution < -0.4 is 0 Å². The van der Waals surface area contributed by atoms with Gasteiger partial charge in [-0.05, 0) is 23.3 Å². The van der Waals surface area contributed by atoms with E-state index in [-0.39, 0.29) is 28.0 Å². The molecule has 0 aliphatic rings. The molecule has 0 heterocycles. The average molecular weight is 328 g/mol. The number of phenols is 2. The molecule has 21 heavy (non-hydrogen) atoms. The van der Waals surface area contributed by atoms with E-state index < -0.39 is 0 Å². The first-order valence-electron chi connectivity index (χ1n) is 5.90. The number of phenolic OH excluding ortho intramolecular Hbond substituents is 2. The van der Waals surface area contributed by atoms with Gasteiger partial charge in [0.15, 0.2) is 0 Å². The largest absolute Gasteiger partial charge is 3.00 e. The minimum absolute atomic E-state index is 0. The summed E-state index contributed by atoms with van der Waals surface area (Å²) in [5, 5.41) is 34.7. The monoisotopic (exact) mass is 327 g/mol. The summed E-state index contributed by atoms with van der Waals surface area (Å²) in [5.74, 6) is 0.194. The molecule has 0 aliphatic heterocycles. The van der Waals surface area contributed by atoms with Crippen LogP contribution in [-0.4, -0.2) is 22.6 Å². The molecule has 0 bridgehead atoms. The van der Waals surface area contributed by atoms with Crippen molar-refractivity contribution in [3.8, 4) is 11.5 Å². The quantitative estimate of drug-likeness (QED) is 0.501. The Labute approximate surface area is 135 Å². The summed E-state index contributed by atoms with van der Waals surface area (Å²) in [6.07, 6.45) is 1.74. The standard InChI is InChI=1S/2C7H6NO.C2H5.Ni/c2*8-5-6-3-1-2-4-7(6)9;1-2;/h2*1-5,9H;1H2,2H3;/q3*-1;+3. The van der Waals surface area contributed by atoms with Crippen molar-refractivity contribution in [3.63, 3.8) is 0 Å². The second-order valence-corrected chi connectivity index (χ2v) is 3.38. The molecule has 2 rings (SSSR count). The van der Waals surface area contributed by atoms with Crippen LogP contribution in [0.4, 0.5) is 0 Å². The molecular formula is C16H17N2NiO2. The molecule has 2 aromatic carbocycles. The third-order valence-corrected chi connectivity index (χ3v) is 2.15. The van der Waals surface area contributed by atoms with E-state index in [0.717, 1.165) is 12.4 Å². The van der Waals surface area contributed by atoms with E-state index in [9.17, 15) is 0 Å². The van der Waals surface area contributed by atoms with Crippen LogP contribution in [0.5, 0.6) is 11.5 Å². The number of para-hydroxylation sites is 2. The molecule has 113 valence electrons. The molecule has 0 spiro atoms. The number of hydrogen-bond acceptors (Lipinski definition) is 2. The Balaban J connectivity index is 0. The third kappa shape index (κ3) is 7.90. The molecule has 0 unspecified atom stereocenters. The van der Waals surface area contributed by atoms with Gasteiger partial charge >= 0.3 is 16.5 Å². The van der Waals surface area contributed by atoms with Crippen LogP contribution in [0, 0.1) is 6.92 Å². The molecule has 0 amide bonds. The molecule has 5 heteroatoms. The van der Waals surface area contributed by atoms with E-state index in [1.54, 1.807) is 43.3 Å². The molecule has 2 N–H and O–H groups in total. The Hall–Kier alpha value is -2.13. The Bertz CT molecular complexity index is 496. The number of nitrogens with zero attached hydrogens (tertiary/aromatic N) is 2. The van der Waals surface area contributed by atoms with Gasteiger partial charge in [0.25, 0.3) is 0 Å². The van der Waals surface area contributed by atoms with Crippen molar-refractivity contribution in [2.75, 3.05) is 0 Å². The zero-order chi connectivity index (χ0) is 15.4. The van der Waals surface area contributed by atoms with Crippen LogP contribution in [0.25, 0.3) is 10.8 Å². The molecule has 0 saturated heterocycles. The normalized spacial score (nSPS) is 7.90. The van der Waals surface area contributed by atoms with E-state index in [1.807, 2.05) is 0 Å². The zero-order valence-corrected chi connectivity index (χ0v) is 12.6. The van der Waals surface area contributed by atoms with E-state index in [0.29, 0.717) is 11.1 Å². The summed E-state index contributed by atoms with van der Waals surface area (Å²) >= 11 is 0. The van der Waals surface area contributed by atoms with Crippen molar-refractivity contribution >= 4 is 12.4 Å². The van der Waals surface area contributed by atoms with Gasteiger partial charge in [0, 0.05) is 0 Å². The van der Waals surface area contributed by atoms with Crippen LogP contribution in [-0.2, 0) is 16.5 Å². The summed E-state index contributed by atoms with van der Waals surface area (Å²) in [4.78, 5) is 0. The molecule has 0 fully saturated rings. The minimum atomic E-state index is 0. The van der Waals surface area contributed by atoms with Gasteiger partial charge in [-0.1, -0.05) is 36.4 Å². The predicted molar refractivity (Wildman–Crippen MR) is 84.3 cm³/mol. The fourth-order valence-electron chi connectivity index (χ4n) is 1.19. The average Bonchev–Trinajstić information content (AvgIpc) is 2.51. The summed E-state index contributed by atoms with van der Waals surface area (Å²) in [7, 11) is 0. The van der Waals surface area contributed by atoms with Crippen molar-refractivity contribution in [2.45, 2.75) is 6.92 Å². The fraction of sp³-hybridized carbons (Fsp3) is 0.0625. The Morgan fingerprint density at radius 3 is 1.24 bits per heavy atom. The van der Waals surface area contributed by atoms with Gasteiger partial charge in [-0.3, -0.25) is 0 Å². The summed E-state index contributed by atoms with van der Waals surface area (Å²) in [5.41, 5.74) is 0.884. The minimum Gasteiger partial charge on any atom is -0.810 e. The Kier molecular flexibility index (Phi) is 13.0. The molecule has 1 radical (unpaired) electrons. The van der Waals surface area contributed by atoms with Gasteiger partial charge in [-0.25, -0.2) is 0 Å². The first-order valence-corrected chi connectivity index (χ1v) is 5.90. The first-order chi connectivity index (χ1) is 9.69. The first kappa shape index (κ1) is 21.2. The van der Waals surface area contributed by atoms with Crippen molar-refractivity contribution in [2.24, 2.45) is 0 Å². The SMILES string of the molecule is [CH2-]C.[N-]=Cc1ccccc1O.[N-]=Cc1ccccc1O.[Ni+3]. The van der Waals surface area contributed by atoms with Gasteiger partial charge in [0.05, 0.1) is 0 Å². The van der Waals surface area contributed by atoms with Crippen molar-refractivity contribution in [3.05, 3.63) is 77.4 Å². The van der Waals surface area contributed by atoms with Crippen LogP contribution in [0.3, 0.4) is 0 Å². The Morgan fingerprint density at radius 1 is 0.762 bits per heavy atom. The van der Waals surface area contributed by atoms with E-state index in [1.165, 1.54) is 12.1 Å². The van der Waals surface area contributed by atoms with Crippen LogP contribution in [0.2, 0.25) is 0 Å². The third-order valence-electron chi connectivity index (χ3n) is 2.15. The molecule has 0 aliphatic carbocycles. The summed E-state index contributed by atoms with van der Waals surface area (Å²) in [6, 6.07) is 13.1. The number of hydrogen-bond donors (Lipinski definition) is 2. The molecule has 0 saturated carbocycles. The second-order valence-electron chi connectivity index (χ2n) is 3.38. The van der Waals surface area contributed by atoms with Gasteiger partial charge < -0.3 is 28.0 Å². The number of benzene rings is 2. The zero-order valence-electron chi connectivity index (χ0n) is 11.6. The number of aromatic hydroxyl groups is 2. The van der Waals surface area contributed by atoms with Crippen LogP contribution in [0.15, 0.2) is 48.5 Å². The molecule has 0 atom stereocenters. The van der Waals surface area contributed by atoms with Gasteiger partial charge in [-0.2, -0.15) is 19.4 Å². The van der Waals surface area contributed by atoms with Gasteiger partial charge in [0.2, 0.25) is 0 Å². The van der Waals surface area contributed by atoms with Gasteiger partial charge in [0.1, 0.15) is 11.5 Å². The second kappa shape index (κ2) is 12.9. The van der Waals surface area contributed by atoms with Crippen molar-refractivity contribution in [1.82, 2.24) is 0 Å². The van der Waals surface area contributed by atoms with Crippen LogP contribution in [0.1, 0.15) is 18.1 Å². The molecule has 2 aromatic rings. The van der Waals surface area contributed by atoms with Crippen LogP contribution >= 0.6 is 0 Å². The Morgan fingerprint density at radius 2 is 1.05 bits per heavy atom. The van der Waals surface area contributed by atoms with E-state index >= 15 is 0 Å². The smallest absolute Gasteiger partial charge is 0.810 e. The maximum Gasteiger partial charge on any atom is 3.00 e. The summed E-state index contributed by atoms with van der Waals surface area (Å²) < 4.78 is 0. The van der Waals surface area contributed by atoms with E-state index in [2.05, 4.69) is 6.92 Å². The maximum atomic E-state index is 8.92. The predicted octanol–water partition coefficient (Wildman–Crippen LogP) is 3.60. The van der Waals surface area contributed by atoms with Crippen molar-refractivity contribution in [1.29, 1.82) is 0 Å².